The van der Waals surface area contributed by atoms with Crippen molar-refractivity contribution in [2.24, 2.45) is 0 Å². The van der Waals surface area contributed by atoms with E-state index in [-0.39, 0.29) is 12.3 Å². The van der Waals surface area contributed by atoms with Crippen LogP contribution in [-0.2, 0) is 11.2 Å². The summed E-state index contributed by atoms with van der Waals surface area (Å²) in [7, 11) is 0. The molecule has 1 fully saturated rings. The van der Waals surface area contributed by atoms with E-state index in [0.717, 1.165) is 39.8 Å². The number of carboxylic acid groups (broad SMARTS) is 1. The lowest BCUT2D eigenvalue weighted by Gasteiger charge is -2.36. The maximum atomic E-state index is 13.5. The molecule has 5 rings (SSSR count). The van der Waals surface area contributed by atoms with Crippen molar-refractivity contribution in [3.63, 3.8) is 0 Å². The van der Waals surface area contributed by atoms with Gasteiger partial charge in [0.05, 0.1) is 22.5 Å². The number of amides is 1. The van der Waals surface area contributed by atoms with E-state index in [9.17, 15) is 14.9 Å². The zero-order valence-corrected chi connectivity index (χ0v) is 22.8. The van der Waals surface area contributed by atoms with E-state index in [1.165, 1.54) is 0 Å². The Balaban J connectivity index is 1.37. The number of halogens is 1. The number of carbonyl (C=O) groups is 2. The highest BCUT2D eigenvalue weighted by atomic mass is 35.5. The highest BCUT2D eigenvalue weighted by molar-refractivity contribution is 6.30. The molecule has 1 saturated heterocycles. The number of rotatable bonds is 8. The number of carbonyl (C=O) groups excluding carboxylic acids is 1. The Morgan fingerprint density at radius 2 is 1.70 bits per heavy atom. The molecule has 1 aromatic heterocycles. The number of pyridine rings is 1. The van der Waals surface area contributed by atoms with Crippen LogP contribution in [0.15, 0.2) is 72.8 Å². The summed E-state index contributed by atoms with van der Waals surface area (Å²) in [6.07, 6.45) is 2.11. The number of aliphatic carboxylic acids is 1. The normalized spacial score (nSPS) is 13.3. The molecule has 1 aliphatic rings. The van der Waals surface area contributed by atoms with Crippen molar-refractivity contribution in [3.05, 3.63) is 94.5 Å². The van der Waals surface area contributed by atoms with Crippen LogP contribution in [0.5, 0.6) is 0 Å². The van der Waals surface area contributed by atoms with Gasteiger partial charge < -0.3 is 14.9 Å². The van der Waals surface area contributed by atoms with Crippen LogP contribution in [0.3, 0.4) is 0 Å². The first-order valence-corrected chi connectivity index (χ1v) is 13.8. The van der Waals surface area contributed by atoms with Crippen LogP contribution in [0.1, 0.15) is 40.7 Å². The zero-order valence-electron chi connectivity index (χ0n) is 22.0. The highest BCUT2D eigenvalue weighted by Gasteiger charge is 2.24. The molecule has 7 nitrogen and oxygen atoms in total. The van der Waals surface area contributed by atoms with Crippen molar-refractivity contribution < 1.29 is 14.7 Å². The fourth-order valence-corrected chi connectivity index (χ4v) is 5.30. The number of fused-ring (bicyclic) bond motifs is 1. The first kappa shape index (κ1) is 27.2. The van der Waals surface area contributed by atoms with E-state index < -0.39 is 5.97 Å². The molecule has 8 heteroatoms. The van der Waals surface area contributed by atoms with E-state index in [4.69, 9.17) is 21.7 Å². The highest BCUT2D eigenvalue weighted by Crippen LogP contribution is 2.29. The minimum Gasteiger partial charge on any atom is -0.481 e. The number of anilines is 1. The molecule has 0 atom stereocenters. The lowest BCUT2D eigenvalue weighted by molar-refractivity contribution is -0.137. The summed E-state index contributed by atoms with van der Waals surface area (Å²) in [6, 6.07) is 25.0. The molecule has 1 aliphatic heterocycles. The number of nitriles is 1. The van der Waals surface area contributed by atoms with Gasteiger partial charge in [-0.1, -0.05) is 35.9 Å². The smallest absolute Gasteiger partial charge is 0.303 e. The van der Waals surface area contributed by atoms with Gasteiger partial charge in [0.1, 0.15) is 6.07 Å². The Labute approximate surface area is 238 Å². The van der Waals surface area contributed by atoms with Gasteiger partial charge >= 0.3 is 5.97 Å². The third-order valence-corrected chi connectivity index (χ3v) is 7.53. The van der Waals surface area contributed by atoms with Gasteiger partial charge in [0.25, 0.3) is 5.91 Å². The van der Waals surface area contributed by atoms with E-state index in [1.807, 2.05) is 71.6 Å². The third-order valence-electron chi connectivity index (χ3n) is 7.28. The molecule has 3 aromatic carbocycles. The van der Waals surface area contributed by atoms with Crippen molar-refractivity contribution in [1.29, 1.82) is 5.26 Å². The molecule has 40 heavy (non-hydrogen) atoms. The second-order valence-electron chi connectivity index (χ2n) is 9.92. The lowest BCUT2D eigenvalue weighted by Crippen LogP contribution is -2.49. The van der Waals surface area contributed by atoms with Crippen LogP contribution in [0.25, 0.3) is 22.2 Å². The number of piperazine rings is 1. The molecular formula is C32H29ClN4O3. The number of para-hydroxylation sites is 1. The number of aromatic nitrogens is 1. The number of hydrogen-bond donors (Lipinski definition) is 1. The van der Waals surface area contributed by atoms with Gasteiger partial charge in [-0.2, -0.15) is 5.26 Å². The van der Waals surface area contributed by atoms with Crippen LogP contribution in [0.4, 0.5) is 5.69 Å². The fraction of sp³-hybridized carbons (Fsp3) is 0.250. The van der Waals surface area contributed by atoms with Gasteiger partial charge in [0.15, 0.2) is 0 Å². The molecular weight excluding hydrogens is 524 g/mol. The zero-order chi connectivity index (χ0) is 28.1. The van der Waals surface area contributed by atoms with Gasteiger partial charge in [0, 0.05) is 54.1 Å². The Bertz CT molecular complexity index is 1590. The summed E-state index contributed by atoms with van der Waals surface area (Å²) >= 11 is 6.10. The lowest BCUT2D eigenvalue weighted by atomic mass is 9.98. The third kappa shape index (κ3) is 6.08. The monoisotopic (exact) mass is 552 g/mol. The van der Waals surface area contributed by atoms with E-state index in [1.54, 1.807) is 0 Å². The first-order chi connectivity index (χ1) is 19.4. The average molecular weight is 553 g/mol. The standard InChI is InChI=1S/C32H29ClN4O3/c33-27-12-9-22(10-13-27)31-23(5-2-4-8-30(38)39)19-26-20-24(11-14-28(26)35-31)32(40)37-17-15-36(16-18-37)29-7-3-1-6-25(29)21-34/h1,3,6-7,9-14,19-20H,2,4-5,8,15-18H2,(H,38,39). The van der Waals surface area contributed by atoms with Gasteiger partial charge in [-0.3, -0.25) is 9.59 Å². The van der Waals surface area contributed by atoms with Crippen LogP contribution in [0.2, 0.25) is 5.02 Å². The topological polar surface area (TPSA) is 97.5 Å². The van der Waals surface area contributed by atoms with E-state index >= 15 is 0 Å². The van der Waals surface area contributed by atoms with E-state index in [0.29, 0.717) is 55.2 Å². The predicted octanol–water partition coefficient (Wildman–Crippen LogP) is 6.19. The summed E-state index contributed by atoms with van der Waals surface area (Å²) < 4.78 is 0. The molecule has 0 bridgehead atoms. The maximum absolute atomic E-state index is 13.5. The van der Waals surface area contributed by atoms with Gasteiger partial charge in [0.2, 0.25) is 0 Å². The van der Waals surface area contributed by atoms with Crippen LogP contribution < -0.4 is 4.90 Å². The van der Waals surface area contributed by atoms with Crippen molar-refractivity contribution in [2.45, 2.75) is 25.7 Å². The van der Waals surface area contributed by atoms with Crippen molar-refractivity contribution in [3.8, 4) is 17.3 Å². The van der Waals surface area contributed by atoms with Crippen LogP contribution in [-0.4, -0.2) is 53.0 Å². The van der Waals surface area contributed by atoms with Crippen molar-refractivity contribution in [1.82, 2.24) is 9.88 Å². The molecule has 0 aliphatic carbocycles. The van der Waals surface area contributed by atoms with Crippen LogP contribution in [0, 0.1) is 11.3 Å². The summed E-state index contributed by atoms with van der Waals surface area (Å²) in [5.74, 6) is -0.826. The second kappa shape index (κ2) is 12.2. The molecule has 1 amide bonds. The van der Waals surface area contributed by atoms with Gasteiger partial charge in [-0.25, -0.2) is 4.98 Å². The van der Waals surface area contributed by atoms with Crippen molar-refractivity contribution >= 4 is 40.1 Å². The Hall–Kier alpha value is -4.41. The molecule has 202 valence electrons. The summed E-state index contributed by atoms with van der Waals surface area (Å²) in [6.45, 7) is 2.45. The number of hydrogen-bond acceptors (Lipinski definition) is 5. The minimum atomic E-state index is -0.798. The predicted molar refractivity (Wildman–Crippen MR) is 157 cm³/mol. The quantitative estimate of drug-likeness (QED) is 0.262. The molecule has 1 N–H and O–H groups in total. The van der Waals surface area contributed by atoms with Gasteiger partial charge in [-0.05, 0) is 73.4 Å². The van der Waals surface area contributed by atoms with E-state index in [2.05, 4.69) is 17.0 Å². The fourth-order valence-electron chi connectivity index (χ4n) is 5.17. The second-order valence-corrected chi connectivity index (χ2v) is 10.4. The number of aryl methyl sites for hydroxylation is 1. The maximum Gasteiger partial charge on any atom is 0.303 e. The van der Waals surface area contributed by atoms with Crippen molar-refractivity contribution in [2.75, 3.05) is 31.1 Å². The summed E-state index contributed by atoms with van der Waals surface area (Å²) in [5, 5.41) is 20.0. The Morgan fingerprint density at radius 1 is 0.950 bits per heavy atom. The largest absolute Gasteiger partial charge is 0.481 e. The molecule has 0 radical (unpaired) electrons. The SMILES string of the molecule is N#Cc1ccccc1N1CCN(C(=O)c2ccc3nc(-c4ccc(Cl)cc4)c(CCCCC(=O)O)cc3c2)CC1. The molecule has 0 spiro atoms. The van der Waals surface area contributed by atoms with Gasteiger partial charge in [-0.15, -0.1) is 0 Å². The minimum absolute atomic E-state index is 0.0279. The summed E-state index contributed by atoms with van der Waals surface area (Å²) in [4.78, 5) is 33.4. The van der Waals surface area contributed by atoms with Crippen LogP contribution >= 0.6 is 11.6 Å². The molecule has 2 heterocycles. The Kier molecular flexibility index (Phi) is 8.28. The first-order valence-electron chi connectivity index (χ1n) is 13.4. The number of unbranched alkanes of at least 4 members (excludes halogenated alkanes) is 1. The number of benzene rings is 3. The average Bonchev–Trinajstić information content (AvgIpc) is 2.98. The Morgan fingerprint density at radius 3 is 2.42 bits per heavy atom. The molecule has 4 aromatic rings. The molecule has 0 unspecified atom stereocenters. The summed E-state index contributed by atoms with van der Waals surface area (Å²) in [5.41, 5.74) is 5.73. The molecule has 0 saturated carbocycles. The number of nitrogens with zero attached hydrogens (tertiary/aromatic N) is 4. The number of carboxylic acids is 1.